The molecule has 0 saturated heterocycles. The van der Waals surface area contributed by atoms with E-state index in [0.717, 1.165) is 0 Å². The zero-order chi connectivity index (χ0) is 13.4. The predicted molar refractivity (Wildman–Crippen MR) is 68.8 cm³/mol. The normalized spacial score (nSPS) is 15.6. The van der Waals surface area contributed by atoms with E-state index in [1.54, 1.807) is 20.8 Å². The molecule has 0 rings (SSSR count). The van der Waals surface area contributed by atoms with Gasteiger partial charge in [0.05, 0.1) is 0 Å². The Hall–Kier alpha value is 0.387. The summed E-state index contributed by atoms with van der Waals surface area (Å²) in [5, 5.41) is 0. The van der Waals surface area contributed by atoms with Crippen molar-refractivity contribution in [3.05, 3.63) is 0 Å². The van der Waals surface area contributed by atoms with Crippen LogP contribution in [0.25, 0.3) is 0 Å². The minimum atomic E-state index is -3.60. The van der Waals surface area contributed by atoms with Crippen LogP contribution >= 0.6 is 0 Å². The van der Waals surface area contributed by atoms with Crippen LogP contribution in [0.15, 0.2) is 0 Å². The highest BCUT2D eigenvalue weighted by molar-refractivity contribution is 8.34. The number of hydrogen-bond donors (Lipinski definition) is 0. The Morgan fingerprint density at radius 1 is 1.12 bits per heavy atom. The molecule has 0 bridgehead atoms. The molecule has 0 aliphatic heterocycles. The summed E-state index contributed by atoms with van der Waals surface area (Å²) in [6.07, 6.45) is 1.24. The lowest BCUT2D eigenvalue weighted by atomic mass is 10.9. The van der Waals surface area contributed by atoms with Crippen LogP contribution in [-0.2, 0) is 36.8 Å². The minimum Gasteiger partial charge on any atom is -0.712 e. The van der Waals surface area contributed by atoms with E-state index in [2.05, 4.69) is 0 Å². The summed E-state index contributed by atoms with van der Waals surface area (Å²) in [7, 11) is -6.00. The third-order valence-electron chi connectivity index (χ3n) is 1.68. The van der Waals surface area contributed by atoms with Gasteiger partial charge < -0.3 is 17.8 Å². The summed E-state index contributed by atoms with van der Waals surface area (Å²) < 4.78 is 43.7. The summed E-state index contributed by atoms with van der Waals surface area (Å²) in [5.74, 6) is 0. The van der Waals surface area contributed by atoms with Gasteiger partial charge in [-0.3, -0.25) is 4.18 Å². The first-order chi connectivity index (χ1) is 7.95. The highest BCUT2D eigenvalue weighted by atomic mass is 32.9. The van der Waals surface area contributed by atoms with E-state index in [1.807, 2.05) is 0 Å². The second-order valence-electron chi connectivity index (χ2n) is 2.82. The van der Waals surface area contributed by atoms with Crippen molar-refractivity contribution in [1.29, 1.82) is 0 Å². The van der Waals surface area contributed by atoms with Crippen molar-refractivity contribution in [2.24, 2.45) is 0 Å². The molecule has 0 fully saturated rings. The molecule has 0 N–H and O–H groups in total. The fourth-order valence-electron chi connectivity index (χ4n) is 1.10. The molecule has 0 aliphatic carbocycles. The molecule has 0 aromatic heterocycles. The van der Waals surface area contributed by atoms with E-state index in [9.17, 15) is 8.76 Å². The molecule has 9 heteroatoms. The maximum Gasteiger partial charge on any atom is 0.529 e. The van der Waals surface area contributed by atoms with Crippen molar-refractivity contribution in [3.8, 4) is 0 Å². The van der Waals surface area contributed by atoms with E-state index < -0.39 is 17.9 Å². The Morgan fingerprint density at radius 3 is 1.82 bits per heavy atom. The maximum absolute atomic E-state index is 11.3. The Bertz CT molecular complexity index is 298. The highest BCUT2D eigenvalue weighted by Crippen LogP contribution is 2.12. The molecule has 0 spiro atoms. The Balaban J connectivity index is 4.71. The quantitative estimate of drug-likeness (QED) is 0.457. The molecule has 17 heavy (non-hydrogen) atoms. The summed E-state index contributed by atoms with van der Waals surface area (Å²) in [4.78, 5) is 0. The molecule has 0 radical (unpaired) electrons. The van der Waals surface area contributed by atoms with Gasteiger partial charge in [-0.05, 0) is 20.8 Å². The third-order valence-corrected chi connectivity index (χ3v) is 6.90. The molecule has 0 aromatic carbocycles. The van der Waals surface area contributed by atoms with Crippen molar-refractivity contribution < 1.29 is 26.2 Å². The van der Waals surface area contributed by atoms with Gasteiger partial charge in [0, 0.05) is 19.8 Å². The minimum absolute atomic E-state index is 0.189. The van der Waals surface area contributed by atoms with Gasteiger partial charge in [-0.25, -0.2) is 0 Å². The van der Waals surface area contributed by atoms with Gasteiger partial charge >= 0.3 is 8.80 Å². The second kappa shape index (κ2) is 8.48. The van der Waals surface area contributed by atoms with Crippen LogP contribution in [0, 0.1) is 0 Å². The molecule has 1 atom stereocenters. The van der Waals surface area contributed by atoms with Crippen molar-refractivity contribution in [1.82, 2.24) is 0 Å². The largest absolute Gasteiger partial charge is 0.712 e. The average Bonchev–Trinajstić information content (AvgIpc) is 2.28. The summed E-state index contributed by atoms with van der Waals surface area (Å²) in [6.45, 7) is 6.53. The summed E-state index contributed by atoms with van der Waals surface area (Å²) >= 11 is 0. The molecule has 0 heterocycles. The predicted octanol–water partition coefficient (Wildman–Crippen LogP) is 0.548. The molecule has 1 unspecified atom stereocenters. The number of rotatable bonds is 9. The van der Waals surface area contributed by atoms with Crippen LogP contribution in [-0.4, -0.2) is 49.9 Å². The smallest absolute Gasteiger partial charge is 0.529 e. The van der Waals surface area contributed by atoms with E-state index >= 15 is 0 Å². The monoisotopic (exact) mass is 304 g/mol. The van der Waals surface area contributed by atoms with Crippen LogP contribution < -0.4 is 0 Å². The van der Waals surface area contributed by atoms with Crippen molar-refractivity contribution in [2.45, 2.75) is 20.8 Å². The van der Waals surface area contributed by atoms with Crippen LogP contribution in [0.4, 0.5) is 0 Å². The third kappa shape index (κ3) is 6.77. The van der Waals surface area contributed by atoms with E-state index in [1.165, 1.54) is 6.26 Å². The Labute approximate surface area is 108 Å². The molecular weight excluding hydrogens is 284 g/mol. The number of hydrogen-bond acceptors (Lipinski definition) is 6. The zero-order valence-electron chi connectivity index (χ0n) is 10.6. The average molecular weight is 304 g/mol. The van der Waals surface area contributed by atoms with Gasteiger partial charge in [0.15, 0.2) is 6.26 Å². The summed E-state index contributed by atoms with van der Waals surface area (Å²) in [6, 6.07) is 0. The molecule has 0 amide bonds. The van der Waals surface area contributed by atoms with Crippen LogP contribution in [0.2, 0.25) is 0 Å². The SMILES string of the molecule is CCO[Si](COS(=O)([O-])=[S+]C)(OCC)OCC. The molecule has 6 nitrogen and oxygen atoms in total. The van der Waals surface area contributed by atoms with Crippen LogP contribution in [0.5, 0.6) is 0 Å². The first-order valence-corrected chi connectivity index (χ1v) is 10.4. The standard InChI is InChI=1S/C8H20O6S2Si/c1-5-12-17(13-6-2,14-7-3)8-11-16(9,10)15-4/h5-8H2,1-4H3. The van der Waals surface area contributed by atoms with Gasteiger partial charge in [-0.15, -0.1) is 0 Å². The Morgan fingerprint density at radius 2 is 1.53 bits per heavy atom. The maximum atomic E-state index is 11.3. The van der Waals surface area contributed by atoms with E-state index in [4.69, 9.17) is 17.5 Å². The van der Waals surface area contributed by atoms with Crippen molar-refractivity contribution >= 4 is 28.2 Å². The first-order valence-electron chi connectivity index (χ1n) is 5.32. The fourth-order valence-corrected chi connectivity index (χ4v) is 4.89. The molecule has 0 aromatic rings. The van der Waals surface area contributed by atoms with Gasteiger partial charge in [0.25, 0.3) is 9.05 Å². The lowest BCUT2D eigenvalue weighted by molar-refractivity contribution is 0.0543. The van der Waals surface area contributed by atoms with Gasteiger partial charge in [-0.1, -0.05) is 0 Å². The fraction of sp³-hybridized carbons (Fsp3) is 1.00. The molecule has 0 aliphatic rings. The first kappa shape index (κ1) is 17.4. The topological polar surface area (TPSA) is 77.1 Å². The second-order valence-corrected chi connectivity index (χ2v) is 8.95. The zero-order valence-corrected chi connectivity index (χ0v) is 13.2. The highest BCUT2D eigenvalue weighted by Gasteiger charge is 2.42. The van der Waals surface area contributed by atoms with Crippen molar-refractivity contribution in [3.63, 3.8) is 0 Å². The van der Waals surface area contributed by atoms with Crippen LogP contribution in [0.1, 0.15) is 20.8 Å². The molecule has 104 valence electrons. The summed E-state index contributed by atoms with van der Waals surface area (Å²) in [5.41, 5.74) is 0. The van der Waals surface area contributed by atoms with E-state index in [-0.39, 0.29) is 6.23 Å². The van der Waals surface area contributed by atoms with Crippen molar-refractivity contribution in [2.75, 3.05) is 32.3 Å². The van der Waals surface area contributed by atoms with E-state index in [0.29, 0.717) is 30.1 Å². The molecular formula is C8H20O6S2Si. The van der Waals surface area contributed by atoms with Crippen LogP contribution in [0.3, 0.4) is 0 Å². The Kier molecular flexibility index (Phi) is 8.68. The van der Waals surface area contributed by atoms with Gasteiger partial charge in [0.1, 0.15) is 6.23 Å². The van der Waals surface area contributed by atoms with Gasteiger partial charge in [0.2, 0.25) is 10.3 Å². The lowest BCUT2D eigenvalue weighted by Gasteiger charge is -2.27. The van der Waals surface area contributed by atoms with Gasteiger partial charge in [-0.2, -0.15) is 4.21 Å². The lowest BCUT2D eigenvalue weighted by Crippen LogP contribution is -2.51. The molecule has 0 saturated carbocycles.